The molecule has 5 nitrogen and oxygen atoms in total. The van der Waals surface area contributed by atoms with Crippen molar-refractivity contribution in [3.8, 4) is 0 Å². The van der Waals surface area contributed by atoms with Crippen LogP contribution in [-0.2, 0) is 9.53 Å². The van der Waals surface area contributed by atoms with Crippen LogP contribution in [0.25, 0.3) is 0 Å². The van der Waals surface area contributed by atoms with Crippen LogP contribution in [0.5, 0.6) is 0 Å². The lowest BCUT2D eigenvalue weighted by atomic mass is 10.00. The Bertz CT molecular complexity index is 197. The summed E-state index contributed by atoms with van der Waals surface area (Å²) in [7, 11) is 0. The van der Waals surface area contributed by atoms with Crippen LogP contribution in [0, 0.1) is 0 Å². The lowest BCUT2D eigenvalue weighted by Gasteiger charge is -2.35. The van der Waals surface area contributed by atoms with E-state index in [1.807, 2.05) is 0 Å². The van der Waals surface area contributed by atoms with Crippen LogP contribution in [0.15, 0.2) is 0 Å². The number of hydrogen-bond acceptors (Lipinski definition) is 4. The fourth-order valence-corrected chi connectivity index (χ4v) is 1.47. The van der Waals surface area contributed by atoms with Crippen LogP contribution < -0.4 is 5.32 Å². The predicted molar refractivity (Wildman–Crippen MR) is 44.8 cm³/mol. The van der Waals surface area contributed by atoms with Gasteiger partial charge in [0, 0.05) is 13.3 Å². The molecular formula is C8H15NO4. The van der Waals surface area contributed by atoms with Crippen LogP contribution in [0.4, 0.5) is 0 Å². The Balaban J connectivity index is 2.55. The minimum atomic E-state index is -0.907. The van der Waals surface area contributed by atoms with E-state index in [2.05, 4.69) is 5.32 Å². The van der Waals surface area contributed by atoms with Crippen molar-refractivity contribution in [1.82, 2.24) is 5.32 Å². The molecule has 0 aromatic heterocycles. The highest BCUT2D eigenvalue weighted by atomic mass is 16.6. The van der Waals surface area contributed by atoms with Crippen LogP contribution in [0.1, 0.15) is 20.3 Å². The summed E-state index contributed by atoms with van der Waals surface area (Å²) >= 11 is 0. The third kappa shape index (κ3) is 2.65. The molecule has 0 radical (unpaired) electrons. The fraction of sp³-hybridized carbons (Fsp3) is 0.875. The lowest BCUT2D eigenvalue weighted by molar-refractivity contribution is -0.202. The van der Waals surface area contributed by atoms with Gasteiger partial charge >= 0.3 is 0 Å². The summed E-state index contributed by atoms with van der Waals surface area (Å²) in [6, 6.07) is -0.420. The van der Waals surface area contributed by atoms with Gasteiger partial charge in [0.05, 0.1) is 12.1 Å². The van der Waals surface area contributed by atoms with Gasteiger partial charge in [0.15, 0.2) is 6.29 Å². The van der Waals surface area contributed by atoms with Gasteiger partial charge in [-0.25, -0.2) is 0 Å². The molecule has 1 fully saturated rings. The standard InChI is InChI=1S/C8H15NO4/c1-4-8(12)6(9-5(2)10)3-7(11)13-4/h4,6-8,11-12H,3H2,1-2H3,(H,9,10)/t4-,6+,7+,8+/m1/s1. The lowest BCUT2D eigenvalue weighted by Crippen LogP contribution is -2.54. The first-order valence-electron chi connectivity index (χ1n) is 4.29. The summed E-state index contributed by atoms with van der Waals surface area (Å²) in [5.74, 6) is -0.217. The van der Waals surface area contributed by atoms with Crippen molar-refractivity contribution >= 4 is 5.91 Å². The summed E-state index contributed by atoms with van der Waals surface area (Å²) in [5.41, 5.74) is 0. The Morgan fingerprint density at radius 2 is 2.15 bits per heavy atom. The molecule has 0 aromatic rings. The van der Waals surface area contributed by atoms with E-state index >= 15 is 0 Å². The summed E-state index contributed by atoms with van der Waals surface area (Å²) in [6.07, 6.45) is -1.89. The molecule has 4 atom stereocenters. The van der Waals surface area contributed by atoms with Gasteiger partial charge in [-0.05, 0) is 6.92 Å². The second-order valence-electron chi connectivity index (χ2n) is 3.33. The van der Waals surface area contributed by atoms with Crippen molar-refractivity contribution in [2.45, 2.75) is 44.8 Å². The van der Waals surface area contributed by atoms with Crippen molar-refractivity contribution in [3.05, 3.63) is 0 Å². The molecule has 5 heteroatoms. The SMILES string of the molecule is CC(=O)N[C@H]1C[C@@H](O)O[C@H](C)[C@@H]1O. The first kappa shape index (κ1) is 10.4. The van der Waals surface area contributed by atoms with Gasteiger partial charge in [-0.1, -0.05) is 0 Å². The van der Waals surface area contributed by atoms with Gasteiger partial charge in [-0.3, -0.25) is 4.79 Å². The van der Waals surface area contributed by atoms with E-state index in [9.17, 15) is 15.0 Å². The monoisotopic (exact) mass is 189 g/mol. The predicted octanol–water partition coefficient (Wildman–Crippen LogP) is -1.02. The van der Waals surface area contributed by atoms with Gasteiger partial charge in [0.25, 0.3) is 0 Å². The first-order valence-corrected chi connectivity index (χ1v) is 4.29. The summed E-state index contributed by atoms with van der Waals surface area (Å²) in [5, 5.41) is 21.3. The third-order valence-electron chi connectivity index (χ3n) is 2.11. The molecule has 1 aliphatic rings. The number of rotatable bonds is 1. The zero-order valence-electron chi connectivity index (χ0n) is 7.73. The van der Waals surface area contributed by atoms with E-state index in [0.717, 1.165) is 0 Å². The van der Waals surface area contributed by atoms with Crippen LogP contribution in [-0.4, -0.2) is 40.7 Å². The number of nitrogens with one attached hydrogen (secondary N) is 1. The molecule has 0 aliphatic carbocycles. The van der Waals surface area contributed by atoms with Gasteiger partial charge in [0.1, 0.15) is 6.10 Å². The number of carbonyl (C=O) groups is 1. The molecule has 1 saturated heterocycles. The van der Waals surface area contributed by atoms with Crippen molar-refractivity contribution < 1.29 is 19.7 Å². The Morgan fingerprint density at radius 3 is 2.69 bits per heavy atom. The quantitative estimate of drug-likeness (QED) is 0.493. The maximum Gasteiger partial charge on any atom is 0.217 e. The number of carbonyl (C=O) groups excluding carboxylic acids is 1. The maximum atomic E-state index is 10.7. The average molecular weight is 189 g/mol. The largest absolute Gasteiger partial charge is 0.388 e. The molecule has 3 N–H and O–H groups in total. The molecule has 1 heterocycles. The molecule has 0 unspecified atom stereocenters. The number of amides is 1. The van der Waals surface area contributed by atoms with Gasteiger partial charge in [0.2, 0.25) is 5.91 Å². The number of aliphatic hydroxyl groups excluding tert-OH is 2. The molecule has 0 spiro atoms. The highest BCUT2D eigenvalue weighted by Crippen LogP contribution is 2.18. The normalized spacial score (nSPS) is 40.0. The first-order chi connectivity index (χ1) is 6.00. The van der Waals surface area contributed by atoms with Gasteiger partial charge in [-0.15, -0.1) is 0 Å². The number of hydrogen-bond donors (Lipinski definition) is 3. The minimum Gasteiger partial charge on any atom is -0.388 e. The molecule has 1 aliphatic heterocycles. The van der Waals surface area contributed by atoms with Gasteiger partial charge < -0.3 is 20.3 Å². The van der Waals surface area contributed by atoms with Crippen LogP contribution >= 0.6 is 0 Å². The maximum absolute atomic E-state index is 10.7. The molecule has 0 aromatic carbocycles. The topological polar surface area (TPSA) is 78.8 Å². The van der Waals surface area contributed by atoms with Crippen LogP contribution in [0.3, 0.4) is 0 Å². The van der Waals surface area contributed by atoms with E-state index in [0.29, 0.717) is 0 Å². The Morgan fingerprint density at radius 1 is 1.54 bits per heavy atom. The number of ether oxygens (including phenoxy) is 1. The molecule has 0 bridgehead atoms. The summed E-state index contributed by atoms with van der Waals surface area (Å²) < 4.78 is 4.96. The molecule has 1 amide bonds. The third-order valence-corrected chi connectivity index (χ3v) is 2.11. The second kappa shape index (κ2) is 4.04. The van der Waals surface area contributed by atoms with E-state index in [4.69, 9.17) is 4.74 Å². The van der Waals surface area contributed by atoms with Crippen molar-refractivity contribution in [2.75, 3.05) is 0 Å². The van der Waals surface area contributed by atoms with Crippen molar-refractivity contribution in [1.29, 1.82) is 0 Å². The average Bonchev–Trinajstić information content (AvgIpc) is 1.98. The molecule has 13 heavy (non-hydrogen) atoms. The van der Waals surface area contributed by atoms with E-state index in [1.165, 1.54) is 6.92 Å². The Labute approximate surface area is 76.7 Å². The summed E-state index contributed by atoms with van der Waals surface area (Å²) in [6.45, 7) is 3.03. The summed E-state index contributed by atoms with van der Waals surface area (Å²) in [4.78, 5) is 10.7. The second-order valence-corrected chi connectivity index (χ2v) is 3.33. The molecule has 1 rings (SSSR count). The van der Waals surface area contributed by atoms with E-state index in [-0.39, 0.29) is 12.3 Å². The smallest absolute Gasteiger partial charge is 0.217 e. The van der Waals surface area contributed by atoms with Crippen molar-refractivity contribution in [2.24, 2.45) is 0 Å². The van der Waals surface area contributed by atoms with E-state index < -0.39 is 24.5 Å². The zero-order chi connectivity index (χ0) is 10.0. The Kier molecular flexibility index (Phi) is 3.24. The highest BCUT2D eigenvalue weighted by Gasteiger charge is 2.34. The van der Waals surface area contributed by atoms with E-state index in [1.54, 1.807) is 6.92 Å². The molecule has 0 saturated carbocycles. The minimum absolute atomic E-state index is 0.217. The van der Waals surface area contributed by atoms with Gasteiger partial charge in [-0.2, -0.15) is 0 Å². The van der Waals surface area contributed by atoms with Crippen molar-refractivity contribution in [3.63, 3.8) is 0 Å². The Hall–Kier alpha value is -0.650. The molecule has 76 valence electrons. The fourth-order valence-electron chi connectivity index (χ4n) is 1.47. The zero-order valence-corrected chi connectivity index (χ0v) is 7.73. The molecular weight excluding hydrogens is 174 g/mol. The van der Waals surface area contributed by atoms with Crippen LogP contribution in [0.2, 0.25) is 0 Å². The highest BCUT2D eigenvalue weighted by molar-refractivity contribution is 5.73. The number of aliphatic hydroxyl groups is 2.